The molecule has 2 N–H and O–H groups in total. The minimum atomic E-state index is -0.394. The molecule has 6 aliphatic rings. The van der Waals surface area contributed by atoms with Crippen LogP contribution in [-0.2, 0) is 85.6 Å². The molecule has 0 aliphatic carbocycles. The first-order valence-corrected chi connectivity index (χ1v) is 42.8. The van der Waals surface area contributed by atoms with E-state index in [9.17, 15) is 28.8 Å². The summed E-state index contributed by atoms with van der Waals surface area (Å²) in [6.45, 7) is 61.2. The Balaban J connectivity index is 0.000000667. The van der Waals surface area contributed by atoms with Gasteiger partial charge >= 0.3 is 6.09 Å². The summed E-state index contributed by atoms with van der Waals surface area (Å²) in [4.78, 5) is 84.3. The van der Waals surface area contributed by atoms with E-state index in [2.05, 4.69) is 48.1 Å². The van der Waals surface area contributed by atoms with Crippen molar-refractivity contribution in [2.45, 2.75) is 378 Å². The van der Waals surface area contributed by atoms with Crippen molar-refractivity contribution in [2.24, 2.45) is 0 Å². The van der Waals surface area contributed by atoms with E-state index in [0.29, 0.717) is 83.8 Å². The molecule has 0 saturated carbocycles. The smallest absolute Gasteiger partial charge is 0.412 e. The van der Waals surface area contributed by atoms with Crippen molar-refractivity contribution in [3.63, 3.8) is 0 Å². The summed E-state index contributed by atoms with van der Waals surface area (Å²) in [5.41, 5.74) is 0. The van der Waals surface area contributed by atoms with Crippen LogP contribution in [0.4, 0.5) is 4.79 Å². The van der Waals surface area contributed by atoms with Crippen LogP contribution in [0.1, 0.15) is 269 Å². The summed E-state index contributed by atoms with van der Waals surface area (Å²) in [5, 5.41) is 5.57. The summed E-state index contributed by atoms with van der Waals surface area (Å²) in [6, 6.07) is 0.909. The lowest BCUT2D eigenvalue weighted by molar-refractivity contribution is -0.143. The average Bonchev–Trinajstić information content (AvgIpc) is 1.91. The third-order valence-electron chi connectivity index (χ3n) is 18.6. The van der Waals surface area contributed by atoms with Gasteiger partial charge in [0.25, 0.3) is 0 Å². The maximum absolute atomic E-state index is 12.1. The van der Waals surface area contributed by atoms with Gasteiger partial charge in [-0.15, -0.1) is 0 Å². The fourth-order valence-corrected chi connectivity index (χ4v) is 12.9. The predicted octanol–water partition coefficient (Wildman–Crippen LogP) is 12.2. The van der Waals surface area contributed by atoms with Crippen LogP contribution < -0.4 is 10.6 Å². The van der Waals surface area contributed by atoms with Gasteiger partial charge in [0.15, 0.2) is 6.79 Å². The van der Waals surface area contributed by atoms with Crippen LogP contribution in [0, 0.1) is 0 Å². The van der Waals surface area contributed by atoms with Gasteiger partial charge in [-0.25, -0.2) is 4.79 Å². The molecular weight excluding hydrogens is 1420 g/mol. The molecule has 6 rings (SSSR count). The van der Waals surface area contributed by atoms with Gasteiger partial charge in [-0.3, -0.25) is 33.8 Å². The Morgan fingerprint density at radius 3 is 1.05 bits per heavy atom. The largest absolute Gasteiger partial charge is 0.422 e. The number of nitrogens with zero attached hydrogens (tertiary/aromatic N) is 6. The predicted molar refractivity (Wildman–Crippen MR) is 437 cm³/mol. The van der Waals surface area contributed by atoms with Gasteiger partial charge in [-0.1, -0.05) is 0 Å². The number of amides is 6. The fourth-order valence-electron chi connectivity index (χ4n) is 12.9. The van der Waals surface area contributed by atoms with Gasteiger partial charge in [0.2, 0.25) is 29.5 Å². The molecule has 6 heterocycles. The minimum Gasteiger partial charge on any atom is -0.422 e. The topological polar surface area (TPSA) is 266 Å². The lowest BCUT2D eigenvalue weighted by Gasteiger charge is -2.25. The molecule has 0 aromatic rings. The number of rotatable bonds is 44. The average molecular weight is 1590 g/mol. The van der Waals surface area contributed by atoms with Crippen LogP contribution in [0.3, 0.4) is 0 Å². The zero-order valence-electron chi connectivity index (χ0n) is 74.3. The van der Waals surface area contributed by atoms with Crippen molar-refractivity contribution in [2.75, 3.05) is 132 Å². The van der Waals surface area contributed by atoms with Crippen molar-refractivity contribution < 1.29 is 90.3 Å². The second-order valence-electron chi connectivity index (χ2n) is 32.8. The third-order valence-corrected chi connectivity index (χ3v) is 18.6. The standard InChI is InChI=1S/C15H30N2O3.C14H26N2O4.2C14H27NO3.C14H29NO2.C13H25NO4/c1-12(2)19-10-6-9-17-8-5-7-14(17)15(18)16-11-20-13(3)4;1-10(2)19-8-13(17)16-7-5-6-12(16)14(18)15-9-20-11(3)4;2*1-11(2)17-9-7-14(16)15-8-5-6-13(15)10-18-12(3)4;1-12(2)16-10-6-9-15-8-5-7-14(15)11-17-13(3)4;1-10(2)16-8-12-6-5-7-14(12)13(15)18-9-17-11(3)4/h12-14H,5-11H2,1-4H3,(H,16,18);10-12H,5-9H2,1-4H3,(H,15,18);2*11-13H,5-10H2,1-4H3;12-14H,5-11H2,1-4H3;10-12H,5-9H2,1-4H3. The third kappa shape index (κ3) is 51.7. The van der Waals surface area contributed by atoms with Crippen LogP contribution in [-0.4, -0.2) is 307 Å². The molecule has 27 nitrogen and oxygen atoms in total. The Hall–Kier alpha value is -3.94. The molecule has 6 saturated heterocycles. The summed E-state index contributed by atoms with van der Waals surface area (Å²) in [7, 11) is 0. The number of carbonyl (C=O) groups is 6. The molecule has 0 aromatic heterocycles. The highest BCUT2D eigenvalue weighted by Gasteiger charge is 2.36. The maximum atomic E-state index is 12.1. The Bertz CT molecular complexity index is 2270. The molecule has 111 heavy (non-hydrogen) atoms. The van der Waals surface area contributed by atoms with Crippen molar-refractivity contribution in [3.8, 4) is 0 Å². The first-order chi connectivity index (χ1) is 52.5. The van der Waals surface area contributed by atoms with Crippen molar-refractivity contribution in [1.29, 1.82) is 0 Å². The Labute approximate surface area is 673 Å². The lowest BCUT2D eigenvalue weighted by atomic mass is 10.2. The highest BCUT2D eigenvalue weighted by Crippen LogP contribution is 2.24. The maximum Gasteiger partial charge on any atom is 0.412 e. The summed E-state index contributed by atoms with van der Waals surface area (Å²) < 4.78 is 70.8. The van der Waals surface area contributed by atoms with E-state index in [-0.39, 0.29) is 141 Å². The number of hydrogen-bond acceptors (Lipinski definition) is 21. The van der Waals surface area contributed by atoms with Gasteiger partial charge in [-0.2, -0.15) is 0 Å². The molecule has 6 fully saturated rings. The van der Waals surface area contributed by atoms with Crippen molar-refractivity contribution in [3.05, 3.63) is 0 Å². The van der Waals surface area contributed by atoms with E-state index in [4.69, 9.17) is 61.6 Å². The van der Waals surface area contributed by atoms with Crippen LogP contribution >= 0.6 is 0 Å². The van der Waals surface area contributed by atoms with Crippen LogP contribution in [0.15, 0.2) is 0 Å². The fraction of sp³-hybridized carbons (Fsp3) is 0.929. The van der Waals surface area contributed by atoms with Crippen LogP contribution in [0.25, 0.3) is 0 Å². The van der Waals surface area contributed by atoms with E-state index < -0.39 is 6.04 Å². The molecular formula is C84H164N8O19. The molecule has 6 atom stereocenters. The second kappa shape index (κ2) is 62.3. The highest BCUT2D eigenvalue weighted by molar-refractivity contribution is 5.88. The van der Waals surface area contributed by atoms with Crippen molar-refractivity contribution >= 4 is 35.6 Å². The van der Waals surface area contributed by atoms with Gasteiger partial charge in [-0.05, 0) is 269 Å². The molecule has 27 heteroatoms. The monoisotopic (exact) mass is 1590 g/mol. The van der Waals surface area contributed by atoms with Crippen LogP contribution in [0.5, 0.6) is 0 Å². The molecule has 0 spiro atoms. The zero-order chi connectivity index (χ0) is 83.4. The lowest BCUT2D eigenvalue weighted by Crippen LogP contribution is -2.47. The number of ether oxygens (including phenoxy) is 13. The first-order valence-electron chi connectivity index (χ1n) is 42.8. The Morgan fingerprint density at radius 2 is 0.622 bits per heavy atom. The van der Waals surface area contributed by atoms with Crippen LogP contribution in [0.2, 0.25) is 0 Å². The highest BCUT2D eigenvalue weighted by atomic mass is 16.7. The summed E-state index contributed by atoms with van der Waals surface area (Å²) in [5.74, 6) is 0.214. The quantitative estimate of drug-likeness (QED) is 0.0424. The number of likely N-dealkylation sites (tertiary alicyclic amines) is 6. The molecule has 0 bridgehead atoms. The number of carbonyl (C=O) groups excluding carboxylic acids is 6. The van der Waals surface area contributed by atoms with E-state index in [1.165, 1.54) is 19.4 Å². The van der Waals surface area contributed by atoms with Gasteiger partial charge < -0.3 is 91.8 Å². The molecule has 0 radical (unpaired) electrons. The SMILES string of the molecule is CC(C)OCCC(=O)N1CCCC1COC(C)C.CC(C)OCCC(=O)N1CCCC1COC(C)C.CC(C)OCCCN1CCCC1C(=O)NCOC(C)C.CC(C)OCCCN1CCCC1COC(C)C.CC(C)OCNC(=O)C1CCCN1C(=O)COC(C)C.CC(C)OCOC(=O)N1CCCC1COC(C)C. The Kier molecular flexibility index (Phi) is 59.0. The van der Waals surface area contributed by atoms with E-state index in [1.807, 2.05) is 148 Å². The number of hydrogen-bond donors (Lipinski definition) is 2. The van der Waals surface area contributed by atoms with Gasteiger partial charge in [0, 0.05) is 58.5 Å². The van der Waals surface area contributed by atoms with Gasteiger partial charge in [0.1, 0.15) is 26.1 Å². The Morgan fingerprint density at radius 1 is 0.306 bits per heavy atom. The zero-order valence-corrected chi connectivity index (χ0v) is 74.3. The second-order valence-corrected chi connectivity index (χ2v) is 32.8. The molecule has 6 unspecified atom stereocenters. The molecule has 654 valence electrons. The van der Waals surface area contributed by atoms with Gasteiger partial charge in [0.05, 0.1) is 150 Å². The van der Waals surface area contributed by atoms with Crippen molar-refractivity contribution in [1.82, 2.24) is 40.0 Å². The summed E-state index contributed by atoms with van der Waals surface area (Å²) >= 11 is 0. The van der Waals surface area contributed by atoms with E-state index in [0.717, 1.165) is 130 Å². The summed E-state index contributed by atoms with van der Waals surface area (Å²) in [6.07, 6.45) is 17.5. The first kappa shape index (κ1) is 105. The van der Waals surface area contributed by atoms with E-state index in [1.54, 1.807) is 9.80 Å². The normalized spacial score (nSPS) is 20.1. The van der Waals surface area contributed by atoms with E-state index >= 15 is 0 Å². The minimum absolute atomic E-state index is 0.00446. The number of nitrogens with one attached hydrogen (secondary N) is 2. The molecule has 0 aromatic carbocycles. The molecule has 6 amide bonds. The molecule has 6 aliphatic heterocycles.